The number of nitrogens with one attached hydrogen (secondary N) is 2. The van der Waals surface area contributed by atoms with E-state index in [2.05, 4.69) is 39.6 Å². The van der Waals surface area contributed by atoms with E-state index in [1.165, 1.54) is 0 Å². The van der Waals surface area contributed by atoms with Crippen LogP contribution in [-0.2, 0) is 6.42 Å². The van der Waals surface area contributed by atoms with Crippen LogP contribution in [0.4, 0.5) is 0 Å². The van der Waals surface area contributed by atoms with Crippen LogP contribution in [0.1, 0.15) is 25.3 Å². The summed E-state index contributed by atoms with van der Waals surface area (Å²) in [5.74, 6) is 0. The molecule has 2 aromatic heterocycles. The van der Waals surface area contributed by atoms with E-state index in [1.807, 2.05) is 6.20 Å². The Morgan fingerprint density at radius 1 is 1.41 bits per heavy atom. The van der Waals surface area contributed by atoms with Crippen molar-refractivity contribution in [3.63, 3.8) is 0 Å². The maximum Gasteiger partial charge on any atom is 0.150 e. The van der Waals surface area contributed by atoms with Gasteiger partial charge in [-0.1, -0.05) is 25.2 Å². The topological polar surface area (TPSA) is 66.5 Å². The number of aryl methyl sites for hydroxylation is 1. The molecule has 0 unspecified atom stereocenters. The summed E-state index contributed by atoms with van der Waals surface area (Å²) in [5, 5.41) is 20.5. The molecule has 0 fully saturated rings. The molecule has 0 spiro atoms. The molecule has 0 aliphatic heterocycles. The first-order valence-corrected chi connectivity index (χ1v) is 6.62. The van der Waals surface area contributed by atoms with Gasteiger partial charge in [0.25, 0.3) is 0 Å². The van der Waals surface area contributed by atoms with Gasteiger partial charge in [-0.25, -0.2) is 0 Å². The summed E-state index contributed by atoms with van der Waals surface area (Å²) >= 11 is 1.64. The summed E-state index contributed by atoms with van der Waals surface area (Å²) in [6, 6.07) is 0.547. The maximum atomic E-state index is 4.19. The summed E-state index contributed by atoms with van der Waals surface area (Å²) in [4.78, 5) is 0. The van der Waals surface area contributed by atoms with Crippen molar-refractivity contribution in [2.75, 3.05) is 6.54 Å². The van der Waals surface area contributed by atoms with Gasteiger partial charge < -0.3 is 5.32 Å². The molecule has 92 valence electrons. The summed E-state index contributed by atoms with van der Waals surface area (Å²) in [6.45, 7) is 5.34. The van der Waals surface area contributed by atoms with E-state index in [4.69, 9.17) is 0 Å². The highest BCUT2D eigenvalue weighted by atomic mass is 32.1. The first-order chi connectivity index (χ1) is 8.25. The molecule has 2 rings (SSSR count). The van der Waals surface area contributed by atoms with Gasteiger partial charge in [-0.3, -0.25) is 5.10 Å². The second-order valence-electron chi connectivity index (χ2n) is 4.20. The highest BCUT2D eigenvalue weighted by molar-refractivity contribution is 7.14. The second kappa shape index (κ2) is 5.88. The molecule has 0 saturated heterocycles. The molecule has 0 aliphatic rings. The maximum absolute atomic E-state index is 4.19. The molecule has 2 aromatic rings. The fourth-order valence-corrected chi connectivity index (χ4v) is 2.33. The smallest absolute Gasteiger partial charge is 0.150 e. The van der Waals surface area contributed by atoms with Crippen molar-refractivity contribution >= 4 is 11.3 Å². The van der Waals surface area contributed by atoms with Crippen LogP contribution < -0.4 is 5.32 Å². The molecule has 0 amide bonds. The van der Waals surface area contributed by atoms with Crippen molar-refractivity contribution < 1.29 is 0 Å². The van der Waals surface area contributed by atoms with Crippen molar-refractivity contribution in [1.82, 2.24) is 25.7 Å². The van der Waals surface area contributed by atoms with Gasteiger partial charge >= 0.3 is 0 Å². The normalized spacial score (nSPS) is 11.2. The number of nitrogens with zero attached hydrogens (tertiary/aromatic N) is 3. The van der Waals surface area contributed by atoms with Gasteiger partial charge in [-0.15, -0.1) is 10.2 Å². The van der Waals surface area contributed by atoms with Gasteiger partial charge in [-0.2, -0.15) is 5.10 Å². The lowest BCUT2D eigenvalue weighted by atomic mass is 10.3. The fourth-order valence-electron chi connectivity index (χ4n) is 1.47. The Labute approximate surface area is 105 Å². The van der Waals surface area contributed by atoms with Crippen LogP contribution in [0, 0.1) is 0 Å². The van der Waals surface area contributed by atoms with E-state index in [-0.39, 0.29) is 0 Å². The average Bonchev–Trinajstić information content (AvgIpc) is 2.94. The van der Waals surface area contributed by atoms with E-state index in [9.17, 15) is 0 Å². The van der Waals surface area contributed by atoms with Crippen LogP contribution in [0.15, 0.2) is 12.4 Å². The zero-order valence-corrected chi connectivity index (χ0v) is 10.9. The SMILES string of the molecule is CC(C)NCCCc1nnc(-c2cn[nH]c2)s1. The van der Waals surface area contributed by atoms with Crippen molar-refractivity contribution in [2.24, 2.45) is 0 Å². The molecule has 0 bridgehead atoms. The lowest BCUT2D eigenvalue weighted by Crippen LogP contribution is -2.23. The molecule has 5 nitrogen and oxygen atoms in total. The summed E-state index contributed by atoms with van der Waals surface area (Å²) < 4.78 is 0. The lowest BCUT2D eigenvalue weighted by molar-refractivity contribution is 0.569. The Morgan fingerprint density at radius 3 is 3.00 bits per heavy atom. The fraction of sp³-hybridized carbons (Fsp3) is 0.545. The van der Waals surface area contributed by atoms with Crippen LogP contribution in [-0.4, -0.2) is 33.0 Å². The lowest BCUT2D eigenvalue weighted by Gasteiger charge is -2.05. The standard InChI is InChI=1S/C11H17N5S/c1-8(2)12-5-3-4-10-15-16-11(17-10)9-6-13-14-7-9/h6-8,12H,3-5H2,1-2H3,(H,13,14). The Bertz CT molecular complexity index is 434. The molecule has 2 heterocycles. The average molecular weight is 251 g/mol. The molecule has 0 aliphatic carbocycles. The van der Waals surface area contributed by atoms with Crippen molar-refractivity contribution in [2.45, 2.75) is 32.7 Å². The van der Waals surface area contributed by atoms with Crippen LogP contribution in [0.2, 0.25) is 0 Å². The van der Waals surface area contributed by atoms with Crippen LogP contribution >= 0.6 is 11.3 Å². The molecule has 17 heavy (non-hydrogen) atoms. The van der Waals surface area contributed by atoms with E-state index >= 15 is 0 Å². The van der Waals surface area contributed by atoms with Crippen LogP contribution in [0.5, 0.6) is 0 Å². The molecule has 6 heteroatoms. The van der Waals surface area contributed by atoms with Gasteiger partial charge in [0.1, 0.15) is 5.01 Å². The minimum atomic E-state index is 0.547. The molecular weight excluding hydrogens is 234 g/mol. The number of rotatable bonds is 6. The molecule has 2 N–H and O–H groups in total. The predicted molar refractivity (Wildman–Crippen MR) is 69.0 cm³/mol. The van der Waals surface area contributed by atoms with Crippen molar-refractivity contribution in [3.8, 4) is 10.6 Å². The third-order valence-corrected chi connectivity index (χ3v) is 3.36. The molecule has 0 aromatic carbocycles. The van der Waals surface area contributed by atoms with Crippen LogP contribution in [0.25, 0.3) is 10.6 Å². The van der Waals surface area contributed by atoms with Gasteiger partial charge in [0.05, 0.1) is 11.8 Å². The molecular formula is C11H17N5S. The van der Waals surface area contributed by atoms with Gasteiger partial charge in [0.15, 0.2) is 5.01 Å². The zero-order chi connectivity index (χ0) is 12.1. The van der Waals surface area contributed by atoms with Crippen molar-refractivity contribution in [3.05, 3.63) is 17.4 Å². The number of aromatic amines is 1. The number of hydrogen-bond donors (Lipinski definition) is 2. The van der Waals surface area contributed by atoms with E-state index in [0.717, 1.165) is 35.0 Å². The summed E-state index contributed by atoms with van der Waals surface area (Å²) in [7, 11) is 0. The quantitative estimate of drug-likeness (QED) is 0.769. The monoisotopic (exact) mass is 251 g/mol. The van der Waals surface area contributed by atoms with E-state index < -0.39 is 0 Å². The third kappa shape index (κ3) is 3.61. The van der Waals surface area contributed by atoms with Gasteiger partial charge in [-0.05, 0) is 13.0 Å². The largest absolute Gasteiger partial charge is 0.315 e. The van der Waals surface area contributed by atoms with Crippen molar-refractivity contribution in [1.29, 1.82) is 0 Å². The van der Waals surface area contributed by atoms with E-state index in [0.29, 0.717) is 6.04 Å². The highest BCUT2D eigenvalue weighted by Crippen LogP contribution is 2.22. The number of hydrogen-bond acceptors (Lipinski definition) is 5. The van der Waals surface area contributed by atoms with Crippen LogP contribution in [0.3, 0.4) is 0 Å². The minimum absolute atomic E-state index is 0.547. The minimum Gasteiger partial charge on any atom is -0.315 e. The molecule has 0 saturated carbocycles. The number of H-pyrrole nitrogens is 1. The Morgan fingerprint density at radius 2 is 2.29 bits per heavy atom. The summed E-state index contributed by atoms with van der Waals surface area (Å²) in [5.41, 5.74) is 1.01. The zero-order valence-electron chi connectivity index (χ0n) is 10.1. The Hall–Kier alpha value is -1.27. The summed E-state index contributed by atoms with van der Waals surface area (Å²) in [6.07, 6.45) is 5.68. The Balaban J connectivity index is 1.83. The highest BCUT2D eigenvalue weighted by Gasteiger charge is 2.07. The first-order valence-electron chi connectivity index (χ1n) is 5.80. The third-order valence-electron chi connectivity index (χ3n) is 2.33. The molecule has 0 atom stereocenters. The molecule has 0 radical (unpaired) electrons. The van der Waals surface area contributed by atoms with Gasteiger partial charge in [0, 0.05) is 18.7 Å². The number of aromatic nitrogens is 4. The second-order valence-corrected chi connectivity index (χ2v) is 5.26. The van der Waals surface area contributed by atoms with Gasteiger partial charge in [0.2, 0.25) is 0 Å². The van der Waals surface area contributed by atoms with E-state index in [1.54, 1.807) is 17.5 Å². The predicted octanol–water partition coefficient (Wildman–Crippen LogP) is 1.86. The Kier molecular flexibility index (Phi) is 4.22. The first kappa shape index (κ1) is 12.2.